The van der Waals surface area contributed by atoms with E-state index in [1.165, 1.54) is 7.11 Å². The molecule has 4 aromatic rings. The second-order valence-electron chi connectivity index (χ2n) is 12.1. The first-order chi connectivity index (χ1) is 18.1. The molecule has 0 amide bonds. The van der Waals surface area contributed by atoms with Crippen molar-refractivity contribution in [1.82, 2.24) is 9.38 Å². The second kappa shape index (κ2) is 10.2. The normalized spacial score (nSPS) is 12.5. The summed E-state index contributed by atoms with van der Waals surface area (Å²) >= 11 is 0. The molecule has 0 saturated carbocycles. The number of aryl methyl sites for hydroxylation is 3. The standard InChI is InChI=1S/C31H39N3O4S/c1-20-16-21(2)28(22(3)17-20)39(35,36)38-24-14-13-23(18-25(24)37-9)27-29(33-31(7,8)19-30(4,5)6)34-15-11-10-12-26(34)32-27/h10-18,33H,19H2,1-9H3. The highest BCUT2D eigenvalue weighted by atomic mass is 32.2. The van der Waals surface area contributed by atoms with Crippen LogP contribution in [0.3, 0.4) is 0 Å². The Bertz CT molecular complexity index is 1610. The molecule has 0 radical (unpaired) electrons. The minimum Gasteiger partial charge on any atom is -0.493 e. The van der Waals surface area contributed by atoms with E-state index in [-0.39, 0.29) is 21.6 Å². The molecule has 0 atom stereocenters. The number of imidazole rings is 1. The van der Waals surface area contributed by atoms with E-state index in [0.717, 1.165) is 34.7 Å². The number of nitrogens with zero attached hydrogens (tertiary/aromatic N) is 2. The van der Waals surface area contributed by atoms with Crippen LogP contribution in [0, 0.1) is 26.2 Å². The summed E-state index contributed by atoms with van der Waals surface area (Å²) in [6.45, 7) is 16.5. The average Bonchev–Trinajstić information content (AvgIpc) is 3.14. The monoisotopic (exact) mass is 549 g/mol. The van der Waals surface area contributed by atoms with Crippen LogP contribution in [-0.2, 0) is 10.1 Å². The maximum absolute atomic E-state index is 13.3. The van der Waals surface area contributed by atoms with Gasteiger partial charge in [-0.3, -0.25) is 4.40 Å². The highest BCUT2D eigenvalue weighted by Gasteiger charge is 2.29. The van der Waals surface area contributed by atoms with Gasteiger partial charge in [-0.1, -0.05) is 44.5 Å². The molecule has 4 rings (SSSR count). The van der Waals surface area contributed by atoms with Crippen molar-refractivity contribution >= 4 is 21.6 Å². The van der Waals surface area contributed by atoms with Crippen LogP contribution in [0.25, 0.3) is 16.9 Å². The Morgan fingerprint density at radius 3 is 2.21 bits per heavy atom. The molecule has 0 aliphatic heterocycles. The van der Waals surface area contributed by atoms with E-state index in [2.05, 4.69) is 39.9 Å². The van der Waals surface area contributed by atoms with Crippen LogP contribution < -0.4 is 14.2 Å². The van der Waals surface area contributed by atoms with Crippen LogP contribution in [0.2, 0.25) is 0 Å². The van der Waals surface area contributed by atoms with Gasteiger partial charge in [0.2, 0.25) is 0 Å². The third-order valence-electron chi connectivity index (χ3n) is 6.45. The van der Waals surface area contributed by atoms with Crippen molar-refractivity contribution in [3.05, 3.63) is 71.4 Å². The van der Waals surface area contributed by atoms with Gasteiger partial charge in [0, 0.05) is 17.3 Å². The number of pyridine rings is 1. The topological polar surface area (TPSA) is 81.9 Å². The number of benzene rings is 2. The number of nitrogens with one attached hydrogen (secondary N) is 1. The van der Waals surface area contributed by atoms with E-state index in [1.807, 2.05) is 53.9 Å². The molecule has 1 N–H and O–H groups in total. The summed E-state index contributed by atoms with van der Waals surface area (Å²) in [7, 11) is -2.59. The van der Waals surface area contributed by atoms with Crippen molar-refractivity contribution in [2.45, 2.75) is 72.2 Å². The first kappa shape index (κ1) is 28.5. The quantitative estimate of drug-likeness (QED) is 0.232. The molecule has 0 aliphatic carbocycles. The summed E-state index contributed by atoms with van der Waals surface area (Å²) in [4.78, 5) is 5.08. The maximum Gasteiger partial charge on any atom is 0.339 e. The summed E-state index contributed by atoms with van der Waals surface area (Å²) in [5.41, 5.74) is 4.49. The number of methoxy groups -OCH3 is 1. The lowest BCUT2D eigenvalue weighted by molar-refractivity contribution is 0.302. The van der Waals surface area contributed by atoms with Gasteiger partial charge in [-0.15, -0.1) is 0 Å². The molecule has 0 unspecified atom stereocenters. The van der Waals surface area contributed by atoms with Gasteiger partial charge in [-0.05, 0) is 87.9 Å². The molecular weight excluding hydrogens is 510 g/mol. The van der Waals surface area contributed by atoms with E-state index in [4.69, 9.17) is 13.9 Å². The van der Waals surface area contributed by atoms with E-state index in [0.29, 0.717) is 16.9 Å². The minimum absolute atomic E-state index is 0.118. The SMILES string of the molecule is COc1cc(-c2nc3ccccn3c2NC(C)(C)CC(C)(C)C)ccc1OS(=O)(=O)c1c(C)cc(C)cc1C. The lowest BCUT2D eigenvalue weighted by atomic mass is 9.82. The number of hydrogen-bond acceptors (Lipinski definition) is 6. The number of ether oxygens (including phenoxy) is 1. The second-order valence-corrected chi connectivity index (χ2v) is 13.6. The molecule has 2 heterocycles. The molecule has 0 saturated heterocycles. The van der Waals surface area contributed by atoms with E-state index in [9.17, 15) is 8.42 Å². The van der Waals surface area contributed by atoms with Crippen molar-refractivity contribution in [1.29, 1.82) is 0 Å². The molecule has 0 bridgehead atoms. The fourth-order valence-electron chi connectivity index (χ4n) is 5.61. The lowest BCUT2D eigenvalue weighted by Crippen LogP contribution is -2.36. The van der Waals surface area contributed by atoms with Gasteiger partial charge in [-0.25, -0.2) is 4.98 Å². The minimum atomic E-state index is -4.08. The maximum atomic E-state index is 13.3. The summed E-state index contributed by atoms with van der Waals surface area (Å²) in [5, 5.41) is 3.73. The predicted octanol–water partition coefficient (Wildman–Crippen LogP) is 7.33. The van der Waals surface area contributed by atoms with Gasteiger partial charge in [0.15, 0.2) is 11.5 Å². The molecule has 2 aromatic carbocycles. The highest BCUT2D eigenvalue weighted by Crippen LogP contribution is 2.39. The molecule has 208 valence electrons. The van der Waals surface area contributed by atoms with Gasteiger partial charge >= 0.3 is 10.1 Å². The molecule has 39 heavy (non-hydrogen) atoms. The van der Waals surface area contributed by atoms with Gasteiger partial charge < -0.3 is 14.2 Å². The van der Waals surface area contributed by atoms with Crippen LogP contribution in [0.1, 0.15) is 57.7 Å². The Hall–Kier alpha value is -3.52. The Kier molecular flexibility index (Phi) is 7.47. The number of aromatic nitrogens is 2. The van der Waals surface area contributed by atoms with Crippen molar-refractivity contribution in [2.75, 3.05) is 12.4 Å². The largest absolute Gasteiger partial charge is 0.493 e. The predicted molar refractivity (Wildman–Crippen MR) is 157 cm³/mol. The van der Waals surface area contributed by atoms with Gasteiger partial charge in [0.05, 0.1) is 7.11 Å². The zero-order valence-electron chi connectivity index (χ0n) is 24.3. The van der Waals surface area contributed by atoms with Crippen LogP contribution in [0.4, 0.5) is 5.82 Å². The van der Waals surface area contributed by atoms with Gasteiger partial charge in [-0.2, -0.15) is 8.42 Å². The number of rotatable bonds is 8. The van der Waals surface area contributed by atoms with Crippen LogP contribution >= 0.6 is 0 Å². The lowest BCUT2D eigenvalue weighted by Gasteiger charge is -2.34. The zero-order chi connectivity index (χ0) is 28.8. The van der Waals surface area contributed by atoms with Crippen LogP contribution in [-0.4, -0.2) is 30.5 Å². The smallest absolute Gasteiger partial charge is 0.339 e. The number of hydrogen-bond donors (Lipinski definition) is 1. The summed E-state index contributed by atoms with van der Waals surface area (Å²) in [5.74, 6) is 1.27. The van der Waals surface area contributed by atoms with Crippen molar-refractivity contribution in [3.8, 4) is 22.8 Å². The average molecular weight is 550 g/mol. The molecule has 7 nitrogen and oxygen atoms in total. The Morgan fingerprint density at radius 2 is 1.59 bits per heavy atom. The Balaban J connectivity index is 1.76. The molecule has 0 fully saturated rings. The van der Waals surface area contributed by atoms with Crippen molar-refractivity contribution in [3.63, 3.8) is 0 Å². The van der Waals surface area contributed by atoms with Gasteiger partial charge in [0.25, 0.3) is 0 Å². The first-order valence-corrected chi connectivity index (χ1v) is 14.5. The third-order valence-corrected chi connectivity index (χ3v) is 7.99. The molecule has 0 spiro atoms. The molecule has 2 aromatic heterocycles. The summed E-state index contributed by atoms with van der Waals surface area (Å²) in [6, 6.07) is 14.8. The first-order valence-electron chi connectivity index (χ1n) is 13.1. The summed E-state index contributed by atoms with van der Waals surface area (Å²) < 4.78 is 39.9. The van der Waals surface area contributed by atoms with Crippen molar-refractivity contribution in [2.24, 2.45) is 5.41 Å². The van der Waals surface area contributed by atoms with Crippen LogP contribution in [0.5, 0.6) is 11.5 Å². The summed E-state index contributed by atoms with van der Waals surface area (Å²) in [6.07, 6.45) is 2.92. The molecule has 8 heteroatoms. The van der Waals surface area contributed by atoms with E-state index >= 15 is 0 Å². The fraction of sp³-hybridized carbons (Fsp3) is 0.387. The number of anilines is 1. The Labute approximate surface area is 232 Å². The fourth-order valence-corrected chi connectivity index (χ4v) is 6.98. The Morgan fingerprint density at radius 1 is 0.923 bits per heavy atom. The highest BCUT2D eigenvalue weighted by molar-refractivity contribution is 7.87. The van der Waals surface area contributed by atoms with Gasteiger partial charge in [0.1, 0.15) is 22.1 Å². The third kappa shape index (κ3) is 6.22. The van der Waals surface area contributed by atoms with E-state index in [1.54, 1.807) is 26.0 Å². The zero-order valence-corrected chi connectivity index (χ0v) is 25.2. The van der Waals surface area contributed by atoms with Crippen LogP contribution in [0.15, 0.2) is 59.6 Å². The van der Waals surface area contributed by atoms with E-state index < -0.39 is 10.1 Å². The molecular formula is C31H39N3O4S. The number of fused-ring (bicyclic) bond motifs is 1. The van der Waals surface area contributed by atoms with Crippen molar-refractivity contribution < 1.29 is 17.3 Å². The molecule has 0 aliphatic rings.